The van der Waals surface area contributed by atoms with Gasteiger partial charge in [-0.15, -0.1) is 0 Å². The van der Waals surface area contributed by atoms with Crippen molar-refractivity contribution in [2.75, 3.05) is 43.7 Å². The second kappa shape index (κ2) is 11.9. The Morgan fingerprint density at radius 2 is 1.95 bits per heavy atom. The van der Waals surface area contributed by atoms with Crippen LogP contribution in [0.3, 0.4) is 0 Å². The van der Waals surface area contributed by atoms with Gasteiger partial charge in [0.25, 0.3) is 5.69 Å². The number of morpholine rings is 1. The minimum absolute atomic E-state index is 0.0937. The van der Waals surface area contributed by atoms with Crippen LogP contribution in [0.1, 0.15) is 5.56 Å². The molecule has 0 radical (unpaired) electrons. The zero-order valence-electron chi connectivity index (χ0n) is 19.7. The molecule has 1 N–H and O–H groups in total. The predicted molar refractivity (Wildman–Crippen MR) is 142 cm³/mol. The zero-order valence-corrected chi connectivity index (χ0v) is 21.8. The highest BCUT2D eigenvalue weighted by molar-refractivity contribution is 14.1. The fourth-order valence-corrected chi connectivity index (χ4v) is 4.18. The van der Waals surface area contributed by atoms with E-state index in [1.807, 2.05) is 22.6 Å². The Bertz CT molecular complexity index is 1400. The molecule has 3 aromatic rings. The number of benzene rings is 2. The normalized spacial score (nSPS) is 13.4. The van der Waals surface area contributed by atoms with E-state index in [1.54, 1.807) is 17.0 Å². The first-order valence-corrected chi connectivity index (χ1v) is 12.0. The van der Waals surface area contributed by atoms with Gasteiger partial charge in [-0.05, 0) is 46.4 Å². The van der Waals surface area contributed by atoms with Crippen LogP contribution in [0.4, 0.5) is 27.5 Å². The highest BCUT2D eigenvalue weighted by atomic mass is 127. The molecule has 2 heterocycles. The number of anilines is 2. The van der Waals surface area contributed by atoms with Crippen molar-refractivity contribution in [3.63, 3.8) is 0 Å². The van der Waals surface area contributed by atoms with E-state index < -0.39 is 27.0 Å². The predicted octanol–water partition coefficient (Wildman–Crippen LogP) is 4.12. The van der Waals surface area contributed by atoms with Crippen LogP contribution in [0.2, 0.25) is 0 Å². The summed E-state index contributed by atoms with van der Waals surface area (Å²) in [7, 11) is 1.39. The van der Waals surface area contributed by atoms with Crippen LogP contribution in [0.5, 0.6) is 17.2 Å². The quantitative estimate of drug-likeness (QED) is 0.155. The summed E-state index contributed by atoms with van der Waals surface area (Å²) in [6.07, 6.45) is 2.51. The Morgan fingerprint density at radius 1 is 1.18 bits per heavy atom. The lowest BCUT2D eigenvalue weighted by Gasteiger charge is -2.27. The number of nitro groups is 2. The van der Waals surface area contributed by atoms with Crippen molar-refractivity contribution < 1.29 is 28.4 Å². The van der Waals surface area contributed by atoms with Crippen LogP contribution >= 0.6 is 22.6 Å². The highest BCUT2D eigenvalue weighted by Crippen LogP contribution is 2.41. The summed E-state index contributed by atoms with van der Waals surface area (Å²) in [5.74, 6) is -0.0879. The maximum atomic E-state index is 14.2. The van der Waals surface area contributed by atoms with Crippen LogP contribution in [0.25, 0.3) is 0 Å². The molecule has 1 aromatic heterocycles. The molecule has 0 saturated carbocycles. The molecule has 14 nitrogen and oxygen atoms in total. The van der Waals surface area contributed by atoms with Crippen LogP contribution in [-0.2, 0) is 4.74 Å². The molecular weight excluding hydrogens is 620 g/mol. The fourth-order valence-electron chi connectivity index (χ4n) is 3.45. The van der Waals surface area contributed by atoms with Crippen molar-refractivity contribution in [3.8, 4) is 17.2 Å². The van der Waals surface area contributed by atoms with Crippen LogP contribution in [-0.4, -0.2) is 59.4 Å². The number of nitrogens with zero attached hydrogens (tertiary/aromatic N) is 6. The van der Waals surface area contributed by atoms with Crippen LogP contribution < -0.4 is 19.8 Å². The van der Waals surface area contributed by atoms with E-state index in [4.69, 9.17) is 14.2 Å². The van der Waals surface area contributed by atoms with Crippen LogP contribution in [0, 0.1) is 29.6 Å². The van der Waals surface area contributed by atoms with Crippen molar-refractivity contribution in [1.82, 2.24) is 9.97 Å². The second-order valence-corrected chi connectivity index (χ2v) is 8.80. The van der Waals surface area contributed by atoms with Gasteiger partial charge in [-0.25, -0.2) is 14.8 Å². The molecule has 2 aromatic carbocycles. The van der Waals surface area contributed by atoms with E-state index in [0.717, 1.165) is 24.4 Å². The third-order valence-electron chi connectivity index (χ3n) is 5.23. The van der Waals surface area contributed by atoms with Gasteiger partial charge in [0.15, 0.2) is 23.1 Å². The number of methoxy groups -OCH3 is 1. The SMILES string of the molecule is COc1cc(C=NNc2ncc(F)c(N3CCOCC3)n2)cc(I)c1Oc1ccc([N+](=O)[O-])cc1[N+](=O)[O-]. The van der Waals surface area contributed by atoms with Crippen LogP contribution in [0.15, 0.2) is 41.6 Å². The van der Waals surface area contributed by atoms with Gasteiger partial charge in [0.05, 0.1) is 52.2 Å². The largest absolute Gasteiger partial charge is 0.493 e. The lowest BCUT2D eigenvalue weighted by Crippen LogP contribution is -2.37. The first-order valence-electron chi connectivity index (χ1n) is 10.9. The number of ether oxygens (including phenoxy) is 3. The molecule has 0 bridgehead atoms. The van der Waals surface area contributed by atoms with Crippen molar-refractivity contribution in [2.24, 2.45) is 5.10 Å². The lowest BCUT2D eigenvalue weighted by molar-refractivity contribution is -0.394. The monoisotopic (exact) mass is 639 g/mol. The molecular formula is C22H19FIN7O7. The second-order valence-electron chi connectivity index (χ2n) is 7.64. The fraction of sp³-hybridized carbons (Fsp3) is 0.227. The standard InChI is InChI=1S/C22H19FIN7O7/c1-36-19-9-13(11-26-28-22-25-12-15(23)21(27-22)29-4-6-37-7-5-29)8-16(24)20(19)38-18-3-2-14(30(32)33)10-17(18)31(34)35/h2-3,8-12H,4-7H2,1H3,(H,25,27,28). The molecule has 0 spiro atoms. The van der Waals surface area contributed by atoms with E-state index >= 15 is 0 Å². The Morgan fingerprint density at radius 3 is 2.63 bits per heavy atom. The summed E-state index contributed by atoms with van der Waals surface area (Å²) in [6.45, 7) is 1.96. The van der Waals surface area contributed by atoms with Gasteiger partial charge in [-0.3, -0.25) is 20.2 Å². The van der Waals surface area contributed by atoms with E-state index in [9.17, 15) is 24.6 Å². The van der Waals surface area contributed by atoms with E-state index in [0.29, 0.717) is 35.4 Å². The number of aromatic nitrogens is 2. The molecule has 16 heteroatoms. The third kappa shape index (κ3) is 6.20. The smallest absolute Gasteiger partial charge is 0.318 e. The Balaban J connectivity index is 1.53. The summed E-state index contributed by atoms with van der Waals surface area (Å²) in [6, 6.07) is 6.33. The summed E-state index contributed by atoms with van der Waals surface area (Å²) in [5, 5.41) is 26.5. The zero-order chi connectivity index (χ0) is 27.2. The molecule has 1 aliphatic heterocycles. The molecule has 0 unspecified atom stereocenters. The Labute approximate surface area is 227 Å². The van der Waals surface area contributed by atoms with E-state index in [-0.39, 0.29) is 29.0 Å². The molecule has 4 rings (SSSR count). The molecule has 1 aliphatic rings. The number of halogens is 2. The highest BCUT2D eigenvalue weighted by Gasteiger charge is 2.23. The number of rotatable bonds is 9. The van der Waals surface area contributed by atoms with Crippen molar-refractivity contribution in [2.45, 2.75) is 0 Å². The van der Waals surface area contributed by atoms with Gasteiger partial charge in [0.1, 0.15) is 0 Å². The van der Waals surface area contributed by atoms with Crippen molar-refractivity contribution >= 4 is 51.9 Å². The van der Waals surface area contributed by atoms with E-state index in [2.05, 4.69) is 20.5 Å². The molecule has 0 atom stereocenters. The number of hydrogen-bond donors (Lipinski definition) is 1. The average Bonchev–Trinajstić information content (AvgIpc) is 2.91. The van der Waals surface area contributed by atoms with Gasteiger partial charge in [0.2, 0.25) is 11.7 Å². The third-order valence-corrected chi connectivity index (χ3v) is 6.03. The van der Waals surface area contributed by atoms with Gasteiger partial charge in [-0.1, -0.05) is 0 Å². The first-order chi connectivity index (χ1) is 18.3. The summed E-state index contributed by atoms with van der Waals surface area (Å²) in [5.41, 5.74) is 2.23. The van der Waals surface area contributed by atoms with Gasteiger partial charge >= 0.3 is 5.69 Å². The van der Waals surface area contributed by atoms with Crippen molar-refractivity contribution in [1.29, 1.82) is 0 Å². The molecule has 1 fully saturated rings. The van der Waals surface area contributed by atoms with Gasteiger partial charge < -0.3 is 19.1 Å². The number of nitro benzene ring substituents is 2. The number of hydrazone groups is 1. The van der Waals surface area contributed by atoms with E-state index in [1.165, 1.54) is 13.3 Å². The summed E-state index contributed by atoms with van der Waals surface area (Å²) in [4.78, 5) is 30.8. The Hall–Kier alpha value is -4.19. The topological polar surface area (TPSA) is 167 Å². The molecule has 1 saturated heterocycles. The maximum Gasteiger partial charge on any atom is 0.318 e. The maximum absolute atomic E-state index is 14.2. The van der Waals surface area contributed by atoms with Gasteiger partial charge in [-0.2, -0.15) is 10.1 Å². The first kappa shape index (κ1) is 26.9. The molecule has 0 amide bonds. The molecule has 198 valence electrons. The minimum atomic E-state index is -0.767. The number of nitrogens with one attached hydrogen (secondary N) is 1. The average molecular weight is 639 g/mol. The minimum Gasteiger partial charge on any atom is -0.493 e. The number of hydrogen-bond acceptors (Lipinski definition) is 12. The molecule has 38 heavy (non-hydrogen) atoms. The molecule has 0 aliphatic carbocycles. The van der Waals surface area contributed by atoms with Gasteiger partial charge in [0, 0.05) is 19.2 Å². The summed E-state index contributed by atoms with van der Waals surface area (Å²) >= 11 is 1.96. The number of non-ortho nitro benzene ring substituents is 1. The lowest BCUT2D eigenvalue weighted by atomic mass is 10.2. The summed E-state index contributed by atoms with van der Waals surface area (Å²) < 4.78 is 31.2. The Kier molecular flexibility index (Phi) is 8.41. The van der Waals surface area contributed by atoms with Crippen molar-refractivity contribution in [3.05, 3.63) is 71.7 Å².